The molecular formula is C6H12N4O. The van der Waals surface area contributed by atoms with Gasteiger partial charge < -0.3 is 0 Å². The van der Waals surface area contributed by atoms with E-state index in [2.05, 4.69) is 10.6 Å². The first-order chi connectivity index (χ1) is 5.25. The number of amides is 1. The quantitative estimate of drug-likeness (QED) is 0.441. The smallest absolute Gasteiger partial charge is 0.258 e. The third kappa shape index (κ3) is 1.74. The van der Waals surface area contributed by atoms with E-state index in [0.29, 0.717) is 0 Å². The second-order valence-electron chi connectivity index (χ2n) is 2.73. The minimum Gasteiger partial charge on any atom is -0.295 e. The number of nitrogens with zero attached hydrogens (tertiary/aromatic N) is 2. The number of carbonyl (C=O) groups is 1. The van der Waals surface area contributed by atoms with Crippen molar-refractivity contribution in [1.29, 1.82) is 5.53 Å². The Morgan fingerprint density at radius 3 is 3.00 bits per heavy atom. The summed E-state index contributed by atoms with van der Waals surface area (Å²) in [6, 6.07) is -0.0795. The zero-order chi connectivity index (χ0) is 8.27. The number of rotatable bonds is 2. The Balaban J connectivity index is 2.45. The molecule has 0 aromatic heterocycles. The molecule has 62 valence electrons. The van der Waals surface area contributed by atoms with Gasteiger partial charge in [-0.05, 0) is 26.4 Å². The second-order valence-corrected chi connectivity index (χ2v) is 2.73. The van der Waals surface area contributed by atoms with E-state index in [-0.39, 0.29) is 11.9 Å². The van der Waals surface area contributed by atoms with Crippen molar-refractivity contribution < 1.29 is 4.79 Å². The summed E-state index contributed by atoms with van der Waals surface area (Å²) in [5.74, 6) is -0.167. The molecule has 1 rings (SSSR count). The lowest BCUT2D eigenvalue weighted by Gasteiger charge is -2.15. The van der Waals surface area contributed by atoms with Gasteiger partial charge in [0.05, 0.1) is 6.04 Å². The SMILES string of the molecule is CN1CCCC1C(=O)NN=N. The molecule has 0 aromatic rings. The maximum absolute atomic E-state index is 11.1. The molecular weight excluding hydrogens is 144 g/mol. The minimum absolute atomic E-state index is 0.0795. The molecule has 1 unspecified atom stereocenters. The summed E-state index contributed by atoms with van der Waals surface area (Å²) in [4.78, 5) is 13.1. The van der Waals surface area contributed by atoms with Crippen LogP contribution in [0.3, 0.4) is 0 Å². The van der Waals surface area contributed by atoms with Crippen LogP contribution < -0.4 is 5.43 Å². The summed E-state index contributed by atoms with van der Waals surface area (Å²) < 4.78 is 0. The van der Waals surface area contributed by atoms with Gasteiger partial charge in [-0.3, -0.25) is 9.69 Å². The predicted octanol–water partition coefficient (Wildman–Crippen LogP) is 0.143. The molecule has 1 fully saturated rings. The molecule has 5 heteroatoms. The molecule has 5 nitrogen and oxygen atoms in total. The van der Waals surface area contributed by atoms with Crippen molar-refractivity contribution in [2.45, 2.75) is 18.9 Å². The lowest BCUT2D eigenvalue weighted by molar-refractivity contribution is -0.125. The lowest BCUT2D eigenvalue weighted by atomic mass is 10.2. The topological polar surface area (TPSA) is 68.6 Å². The second kappa shape index (κ2) is 3.43. The molecule has 0 spiro atoms. The van der Waals surface area contributed by atoms with E-state index in [0.717, 1.165) is 19.4 Å². The van der Waals surface area contributed by atoms with Crippen molar-refractivity contribution in [3.05, 3.63) is 0 Å². The van der Waals surface area contributed by atoms with Crippen molar-refractivity contribution in [3.8, 4) is 0 Å². The fourth-order valence-electron chi connectivity index (χ4n) is 1.37. The Hall–Kier alpha value is -0.970. The Labute approximate surface area is 65.2 Å². The van der Waals surface area contributed by atoms with Crippen LogP contribution in [0, 0.1) is 5.53 Å². The fourth-order valence-corrected chi connectivity index (χ4v) is 1.37. The molecule has 1 amide bonds. The van der Waals surface area contributed by atoms with E-state index in [1.165, 1.54) is 0 Å². The monoisotopic (exact) mass is 156 g/mol. The number of likely N-dealkylation sites (N-methyl/N-ethyl adjacent to an activating group) is 1. The first-order valence-corrected chi connectivity index (χ1v) is 3.62. The normalized spacial score (nSPS) is 25.0. The van der Waals surface area contributed by atoms with Crippen molar-refractivity contribution in [1.82, 2.24) is 10.3 Å². The maximum atomic E-state index is 11.1. The summed E-state index contributed by atoms with van der Waals surface area (Å²) in [5.41, 5.74) is 8.57. The molecule has 0 aromatic carbocycles. The summed E-state index contributed by atoms with van der Waals surface area (Å²) in [6.07, 6.45) is 1.92. The van der Waals surface area contributed by atoms with E-state index < -0.39 is 0 Å². The van der Waals surface area contributed by atoms with Gasteiger partial charge in [0.1, 0.15) is 0 Å². The summed E-state index contributed by atoms with van der Waals surface area (Å²) in [6.45, 7) is 0.954. The molecule has 1 aliphatic rings. The van der Waals surface area contributed by atoms with Crippen molar-refractivity contribution in [2.75, 3.05) is 13.6 Å². The van der Waals surface area contributed by atoms with Gasteiger partial charge in [0.25, 0.3) is 5.91 Å². The van der Waals surface area contributed by atoms with Gasteiger partial charge in [-0.25, -0.2) is 5.43 Å². The molecule has 0 bridgehead atoms. The lowest BCUT2D eigenvalue weighted by Crippen LogP contribution is -2.39. The fraction of sp³-hybridized carbons (Fsp3) is 0.833. The van der Waals surface area contributed by atoms with Crippen LogP contribution in [0.5, 0.6) is 0 Å². The highest BCUT2D eigenvalue weighted by atomic mass is 16.2. The third-order valence-corrected chi connectivity index (χ3v) is 1.99. The summed E-state index contributed by atoms with van der Waals surface area (Å²) in [7, 11) is 1.90. The first kappa shape index (κ1) is 8.13. The average molecular weight is 156 g/mol. The Morgan fingerprint density at radius 2 is 2.55 bits per heavy atom. The van der Waals surface area contributed by atoms with Crippen molar-refractivity contribution >= 4 is 5.91 Å². The maximum Gasteiger partial charge on any atom is 0.258 e. The van der Waals surface area contributed by atoms with Crippen LogP contribution in [-0.2, 0) is 4.79 Å². The van der Waals surface area contributed by atoms with Crippen LogP contribution in [0.2, 0.25) is 0 Å². The Kier molecular flexibility index (Phi) is 2.53. The zero-order valence-electron chi connectivity index (χ0n) is 6.50. The van der Waals surface area contributed by atoms with E-state index in [9.17, 15) is 4.79 Å². The summed E-state index contributed by atoms with van der Waals surface area (Å²) in [5, 5.41) is 2.84. The van der Waals surface area contributed by atoms with Crippen LogP contribution in [-0.4, -0.2) is 30.4 Å². The highest BCUT2D eigenvalue weighted by Crippen LogP contribution is 2.14. The molecule has 1 aliphatic heterocycles. The van der Waals surface area contributed by atoms with Gasteiger partial charge in [0.2, 0.25) is 0 Å². The van der Waals surface area contributed by atoms with Crippen molar-refractivity contribution in [3.63, 3.8) is 0 Å². The predicted molar refractivity (Wildman–Crippen MR) is 38.9 cm³/mol. The van der Waals surface area contributed by atoms with Gasteiger partial charge in [-0.15, -0.1) is 0 Å². The number of hydrogen-bond donors (Lipinski definition) is 2. The number of hydrogen-bond acceptors (Lipinski definition) is 4. The molecule has 1 heterocycles. The van der Waals surface area contributed by atoms with E-state index >= 15 is 0 Å². The van der Waals surface area contributed by atoms with Gasteiger partial charge >= 0.3 is 0 Å². The molecule has 0 aliphatic carbocycles. The van der Waals surface area contributed by atoms with Crippen LogP contribution in [0.1, 0.15) is 12.8 Å². The highest BCUT2D eigenvalue weighted by Gasteiger charge is 2.27. The van der Waals surface area contributed by atoms with Crippen molar-refractivity contribution in [2.24, 2.45) is 5.22 Å². The van der Waals surface area contributed by atoms with Crippen LogP contribution in [0.4, 0.5) is 0 Å². The minimum atomic E-state index is -0.167. The van der Waals surface area contributed by atoms with Crippen LogP contribution >= 0.6 is 0 Å². The number of carbonyl (C=O) groups excluding carboxylic acids is 1. The standard InChI is InChI=1S/C6H12N4O/c1-10-4-2-3-5(10)6(11)8-9-7/h5H,2-4H2,1H3,(H2,7,8,11). The molecule has 0 saturated carbocycles. The van der Waals surface area contributed by atoms with Gasteiger partial charge in [0.15, 0.2) is 0 Å². The number of likely N-dealkylation sites (tertiary alicyclic amines) is 1. The van der Waals surface area contributed by atoms with Crippen LogP contribution in [0.25, 0.3) is 0 Å². The van der Waals surface area contributed by atoms with E-state index in [1.54, 1.807) is 0 Å². The van der Waals surface area contributed by atoms with Gasteiger partial charge in [0, 0.05) is 0 Å². The Bertz CT molecular complexity index is 170. The molecule has 11 heavy (non-hydrogen) atoms. The summed E-state index contributed by atoms with van der Waals surface area (Å²) >= 11 is 0. The van der Waals surface area contributed by atoms with Gasteiger partial charge in [-0.2, -0.15) is 5.53 Å². The molecule has 1 atom stereocenters. The van der Waals surface area contributed by atoms with Crippen LogP contribution in [0.15, 0.2) is 5.22 Å². The third-order valence-electron chi connectivity index (χ3n) is 1.99. The molecule has 0 radical (unpaired) electrons. The first-order valence-electron chi connectivity index (χ1n) is 3.62. The van der Waals surface area contributed by atoms with E-state index in [1.807, 2.05) is 11.9 Å². The van der Waals surface area contributed by atoms with E-state index in [4.69, 9.17) is 5.53 Å². The largest absolute Gasteiger partial charge is 0.295 e. The number of nitrogens with one attached hydrogen (secondary N) is 2. The zero-order valence-corrected chi connectivity index (χ0v) is 6.50. The Morgan fingerprint density at radius 1 is 1.82 bits per heavy atom. The molecule has 2 N–H and O–H groups in total. The highest BCUT2D eigenvalue weighted by molar-refractivity contribution is 5.81. The van der Waals surface area contributed by atoms with Gasteiger partial charge in [-0.1, -0.05) is 5.22 Å². The average Bonchev–Trinajstić information content (AvgIpc) is 2.36. The molecule has 1 saturated heterocycles.